The molecule has 0 saturated carbocycles. The van der Waals surface area contributed by atoms with Crippen molar-refractivity contribution < 1.29 is 14.7 Å². The second-order valence-corrected chi connectivity index (χ2v) is 6.73. The van der Waals surface area contributed by atoms with Crippen molar-refractivity contribution in [3.8, 4) is 10.8 Å². The van der Waals surface area contributed by atoms with Gasteiger partial charge in [-0.2, -0.15) is 0 Å². The number of carbonyl (C=O) groups is 2. The van der Waals surface area contributed by atoms with Crippen LogP contribution in [0.25, 0.3) is 10.8 Å². The van der Waals surface area contributed by atoms with E-state index in [2.05, 4.69) is 20.3 Å². The number of aliphatic carboxylic acids is 1. The minimum atomic E-state index is -0.954. The molecule has 1 unspecified atom stereocenters. The molecule has 0 fully saturated rings. The van der Waals surface area contributed by atoms with Gasteiger partial charge in [0.2, 0.25) is 0 Å². The third kappa shape index (κ3) is 4.10. The second kappa shape index (κ2) is 6.82. The molecule has 2 aromatic rings. The summed E-state index contributed by atoms with van der Waals surface area (Å²) in [6.07, 6.45) is 4.51. The van der Waals surface area contributed by atoms with Gasteiger partial charge in [-0.05, 0) is 18.9 Å². The highest BCUT2D eigenvalue weighted by atomic mass is 32.1. The molecule has 0 radical (unpaired) electrons. The van der Waals surface area contributed by atoms with Crippen LogP contribution in [0, 0.1) is 5.92 Å². The van der Waals surface area contributed by atoms with Crippen LogP contribution in [0.5, 0.6) is 0 Å². The third-order valence-electron chi connectivity index (χ3n) is 3.68. The van der Waals surface area contributed by atoms with E-state index in [1.807, 2.05) is 13.8 Å². The molecule has 0 aromatic carbocycles. The predicted molar refractivity (Wildman–Crippen MR) is 86.1 cm³/mol. The summed E-state index contributed by atoms with van der Waals surface area (Å²) in [4.78, 5) is 36.2. The van der Waals surface area contributed by atoms with Gasteiger partial charge < -0.3 is 10.4 Å². The quantitative estimate of drug-likeness (QED) is 0.839. The predicted octanol–water partition coefficient (Wildman–Crippen LogP) is 2.22. The van der Waals surface area contributed by atoms with Crippen LogP contribution in [0.15, 0.2) is 24.7 Å². The third-order valence-corrected chi connectivity index (χ3v) is 4.67. The zero-order chi connectivity index (χ0) is 17.0. The maximum atomic E-state index is 12.4. The van der Waals surface area contributed by atoms with Gasteiger partial charge in [0, 0.05) is 12.4 Å². The van der Waals surface area contributed by atoms with Crippen LogP contribution < -0.4 is 5.32 Å². The van der Waals surface area contributed by atoms with Crippen LogP contribution >= 0.6 is 11.3 Å². The zero-order valence-electron chi connectivity index (χ0n) is 13.1. The molecule has 23 heavy (non-hydrogen) atoms. The average molecular weight is 334 g/mol. The van der Waals surface area contributed by atoms with Crippen molar-refractivity contribution in [2.45, 2.75) is 32.7 Å². The van der Waals surface area contributed by atoms with E-state index in [9.17, 15) is 9.59 Å². The van der Waals surface area contributed by atoms with E-state index in [1.54, 1.807) is 25.4 Å². The largest absolute Gasteiger partial charge is 0.481 e. The summed E-state index contributed by atoms with van der Waals surface area (Å²) in [6, 6.07) is 1.70. The summed E-state index contributed by atoms with van der Waals surface area (Å²) in [6.45, 7) is 5.48. The zero-order valence-corrected chi connectivity index (χ0v) is 13.9. The van der Waals surface area contributed by atoms with Crippen molar-refractivity contribution in [1.82, 2.24) is 20.3 Å². The molecule has 1 amide bonds. The van der Waals surface area contributed by atoms with E-state index in [1.165, 1.54) is 17.5 Å². The molecule has 0 saturated heterocycles. The molecule has 2 rings (SSSR count). The van der Waals surface area contributed by atoms with Crippen LogP contribution in [0.4, 0.5) is 0 Å². The van der Waals surface area contributed by atoms with Gasteiger partial charge in [0.1, 0.15) is 4.88 Å². The van der Waals surface area contributed by atoms with E-state index in [0.717, 1.165) is 0 Å². The minimum Gasteiger partial charge on any atom is -0.481 e. The first-order valence-corrected chi connectivity index (χ1v) is 7.91. The number of carboxylic acids is 1. The summed E-state index contributed by atoms with van der Waals surface area (Å²) in [7, 11) is 0. The van der Waals surface area contributed by atoms with Crippen LogP contribution in [-0.4, -0.2) is 37.5 Å². The normalized spacial score (nSPS) is 13.6. The summed E-state index contributed by atoms with van der Waals surface area (Å²) < 4.78 is 0. The Hall–Kier alpha value is -2.35. The Balaban J connectivity index is 2.17. The molecule has 8 heteroatoms. The molecule has 0 aliphatic carbocycles. The molecule has 1 atom stereocenters. The Kier molecular flexibility index (Phi) is 5.05. The number of thiazole rings is 1. The van der Waals surface area contributed by atoms with Gasteiger partial charge >= 0.3 is 5.97 Å². The van der Waals surface area contributed by atoms with Gasteiger partial charge in [-0.15, -0.1) is 11.3 Å². The molecule has 0 aliphatic heterocycles. The lowest BCUT2D eigenvalue weighted by Crippen LogP contribution is -2.51. The topological polar surface area (TPSA) is 105 Å². The molecule has 7 nitrogen and oxygen atoms in total. The van der Waals surface area contributed by atoms with Gasteiger partial charge in [-0.1, -0.05) is 13.8 Å². The monoisotopic (exact) mass is 334 g/mol. The summed E-state index contributed by atoms with van der Waals surface area (Å²) >= 11 is 1.17. The SMILES string of the molecule is CC(C)C(C)(CC(=O)O)NC(=O)c1cnc(-c2ncccn2)s1. The van der Waals surface area contributed by atoms with Crippen molar-refractivity contribution in [1.29, 1.82) is 0 Å². The van der Waals surface area contributed by atoms with E-state index in [0.29, 0.717) is 15.7 Å². The Bertz CT molecular complexity index is 702. The molecular weight excluding hydrogens is 316 g/mol. The van der Waals surface area contributed by atoms with E-state index >= 15 is 0 Å². The van der Waals surface area contributed by atoms with Crippen molar-refractivity contribution in [3.05, 3.63) is 29.5 Å². The molecular formula is C15H18N4O3S. The number of carbonyl (C=O) groups excluding carboxylic acids is 1. The highest BCUT2D eigenvalue weighted by Gasteiger charge is 2.33. The molecule has 0 aliphatic rings. The summed E-state index contributed by atoms with van der Waals surface area (Å²) in [5.74, 6) is -0.882. The van der Waals surface area contributed by atoms with Gasteiger partial charge in [0.15, 0.2) is 10.8 Å². The van der Waals surface area contributed by atoms with Crippen LogP contribution in [0.3, 0.4) is 0 Å². The number of carboxylic acid groups (broad SMARTS) is 1. The van der Waals surface area contributed by atoms with Gasteiger partial charge in [0.25, 0.3) is 5.91 Å². The maximum Gasteiger partial charge on any atom is 0.305 e. The lowest BCUT2D eigenvalue weighted by atomic mass is 9.85. The molecule has 0 spiro atoms. The first-order chi connectivity index (χ1) is 10.8. The van der Waals surface area contributed by atoms with Gasteiger partial charge in [-0.3, -0.25) is 9.59 Å². The molecule has 122 valence electrons. The Labute approximate surface area is 137 Å². The highest BCUT2D eigenvalue weighted by Crippen LogP contribution is 2.25. The van der Waals surface area contributed by atoms with Crippen LogP contribution in [-0.2, 0) is 4.79 Å². The first kappa shape index (κ1) is 17.0. The van der Waals surface area contributed by atoms with Crippen LogP contribution in [0.2, 0.25) is 0 Å². The van der Waals surface area contributed by atoms with E-state index in [4.69, 9.17) is 5.11 Å². The minimum absolute atomic E-state index is 0.0348. The molecule has 2 heterocycles. The number of aromatic nitrogens is 3. The van der Waals surface area contributed by atoms with Crippen LogP contribution in [0.1, 0.15) is 36.9 Å². The van der Waals surface area contributed by atoms with Crippen molar-refractivity contribution in [2.24, 2.45) is 5.92 Å². The standard InChI is InChI=1S/C15H18N4O3S/c1-9(2)15(3,7-11(20)21)19-13(22)10-8-18-14(23-10)12-16-5-4-6-17-12/h4-6,8-9H,7H2,1-3H3,(H,19,22)(H,20,21). The number of rotatable bonds is 6. The lowest BCUT2D eigenvalue weighted by Gasteiger charge is -2.33. The van der Waals surface area contributed by atoms with Crippen molar-refractivity contribution in [3.63, 3.8) is 0 Å². The lowest BCUT2D eigenvalue weighted by molar-refractivity contribution is -0.138. The second-order valence-electron chi connectivity index (χ2n) is 5.70. The molecule has 2 N–H and O–H groups in total. The smallest absolute Gasteiger partial charge is 0.305 e. The van der Waals surface area contributed by atoms with Gasteiger partial charge in [0.05, 0.1) is 18.2 Å². The number of nitrogens with zero attached hydrogens (tertiary/aromatic N) is 3. The summed E-state index contributed by atoms with van der Waals surface area (Å²) in [5.41, 5.74) is -0.837. The van der Waals surface area contributed by atoms with Crippen molar-refractivity contribution >= 4 is 23.2 Å². The number of amides is 1. The van der Waals surface area contributed by atoms with Gasteiger partial charge in [-0.25, -0.2) is 15.0 Å². The maximum absolute atomic E-state index is 12.4. The van der Waals surface area contributed by atoms with E-state index in [-0.39, 0.29) is 18.2 Å². The highest BCUT2D eigenvalue weighted by molar-refractivity contribution is 7.16. The van der Waals surface area contributed by atoms with Crippen molar-refractivity contribution in [2.75, 3.05) is 0 Å². The van der Waals surface area contributed by atoms with E-state index < -0.39 is 11.5 Å². The summed E-state index contributed by atoms with van der Waals surface area (Å²) in [5, 5.41) is 12.4. The fourth-order valence-corrected chi connectivity index (χ4v) is 2.68. The Morgan fingerprint density at radius 2 is 1.96 bits per heavy atom. The average Bonchev–Trinajstić information content (AvgIpc) is 2.97. The Morgan fingerprint density at radius 3 is 2.52 bits per heavy atom. The first-order valence-electron chi connectivity index (χ1n) is 7.09. The number of nitrogens with one attached hydrogen (secondary N) is 1. The molecule has 0 bridgehead atoms. The molecule has 2 aromatic heterocycles. The number of hydrogen-bond acceptors (Lipinski definition) is 6. The fraction of sp³-hybridized carbons (Fsp3) is 0.400. The number of hydrogen-bond donors (Lipinski definition) is 2. The Morgan fingerprint density at radius 1 is 1.30 bits per heavy atom. The fourth-order valence-electron chi connectivity index (χ4n) is 1.92.